The quantitative estimate of drug-likeness (QED) is 0.0109. The highest BCUT2D eigenvalue weighted by molar-refractivity contribution is 7.80. The molecule has 0 unspecified atom stereocenters. The number of carbonyl (C=O) groups excluding carboxylic acids is 12. The molecule has 41 heteroatoms. The first-order chi connectivity index (χ1) is 51.8. The molecule has 0 aromatic heterocycles. The van der Waals surface area contributed by atoms with Crippen molar-refractivity contribution in [2.45, 2.75) is 184 Å². The predicted molar refractivity (Wildman–Crippen MR) is 416 cm³/mol. The lowest BCUT2D eigenvalue weighted by molar-refractivity contribution is -0.145. The van der Waals surface area contributed by atoms with Crippen LogP contribution in [0.4, 0.5) is 0 Å². The summed E-state index contributed by atoms with van der Waals surface area (Å²) in [4.78, 5) is 181. The number of guanidine groups is 4. The summed E-state index contributed by atoms with van der Waals surface area (Å²) in [7, 11) is 0. The van der Waals surface area contributed by atoms with Crippen molar-refractivity contribution in [3.05, 3.63) is 83.9 Å². The maximum atomic E-state index is 15.3. The molecule has 606 valence electrons. The van der Waals surface area contributed by atoms with Crippen LogP contribution in [0.2, 0.25) is 0 Å². The number of amides is 12. The fraction of sp³-hybridized carbons (Fsp3) is 0.522. The minimum atomic E-state index is -1.85. The molecule has 3 aromatic carbocycles. The van der Waals surface area contributed by atoms with E-state index < -0.39 is 191 Å². The summed E-state index contributed by atoms with van der Waals surface area (Å²) >= 11 is 8.44. The minimum absolute atomic E-state index is 0.00811. The first-order valence-corrected chi connectivity index (χ1v) is 36.7. The second kappa shape index (κ2) is 47.5. The molecule has 0 bridgehead atoms. The van der Waals surface area contributed by atoms with E-state index in [9.17, 15) is 58.2 Å². The van der Waals surface area contributed by atoms with Crippen molar-refractivity contribution in [2.24, 2.45) is 34.1 Å². The summed E-state index contributed by atoms with van der Waals surface area (Å²) in [6.07, 6.45) is -3.63. The number of primary amides is 1. The van der Waals surface area contributed by atoms with Crippen molar-refractivity contribution in [3.8, 4) is 0 Å². The van der Waals surface area contributed by atoms with Gasteiger partial charge in [-0.3, -0.25) is 79.2 Å². The average Bonchev–Trinajstić information content (AvgIpc) is 0.837. The number of rotatable bonds is 48. The van der Waals surface area contributed by atoms with Gasteiger partial charge in [0.05, 0.1) is 6.10 Å². The van der Waals surface area contributed by atoms with E-state index in [2.05, 4.69) is 105 Å². The van der Waals surface area contributed by atoms with Crippen molar-refractivity contribution in [1.29, 1.82) is 21.6 Å². The standard InChI is InChI=1S/C69H108N24O15S2/c1-36(94)52(63(106)88-45(22-14-30-82-68(77)78)58(101)93-53(64(107)108)69(3,4)5)92-62(105)50(35-110)91-57(100)46(25-26-51(70)96)87-59(102)48(33-39-23-24-40-17-9-10-18-41(40)31-39)90-60(103)47(32-38-15-7-6-8-16-38)89-56(99)44(21-13-29-81-67(75)76)85-54(97)42(19-11-27-79-65(71)72)84-55(98)43(20-12-28-80-66(73)74)86-61(104)49(34-109)83-37(2)95/h6-10,15-18,23-24,31,36,42-50,52-53,94,109-110H,11-14,19-22,25-30,32-35H2,1-5H3,(H2,70,96)(H,83,95)(H,84,98)(H,85,97)(H,86,104)(H,87,102)(H,88,106)(H,89,99)(H,90,103)(H,91,100)(H,92,105)(H,93,101)(H,107,108)(H4,71,72,79)(H4,73,74,80)(H4,75,76,81)(H4,77,78,82)/t36-,42+,43+,44+,45+,46+,47+,48+,49+,50+,52+,53-/m1/s1. The molecule has 3 rings (SSSR count). The Morgan fingerprint density at radius 2 is 0.736 bits per heavy atom. The number of aliphatic hydroxyl groups excluding tert-OH is 1. The topological polar surface area (TPSA) is 668 Å². The monoisotopic (exact) mass is 1580 g/mol. The van der Waals surface area contributed by atoms with Crippen molar-refractivity contribution >= 4 is 137 Å². The molecule has 0 aliphatic carbocycles. The van der Waals surface area contributed by atoms with Gasteiger partial charge in [-0.05, 0) is 92.0 Å². The number of nitrogens with two attached hydrogens (primary N) is 5. The third kappa shape index (κ3) is 34.8. The number of benzene rings is 3. The molecule has 0 spiro atoms. The van der Waals surface area contributed by atoms with Crippen LogP contribution in [-0.2, 0) is 75.2 Å². The number of aliphatic carboxylic acids is 1. The van der Waals surface area contributed by atoms with E-state index in [0.717, 1.165) is 17.7 Å². The Balaban J connectivity index is 2.13. The molecule has 3 aromatic rings. The molecule has 0 fully saturated rings. The number of fused-ring (bicyclic) bond motifs is 1. The summed E-state index contributed by atoms with van der Waals surface area (Å²) < 4.78 is 0. The van der Waals surface area contributed by atoms with Crippen LogP contribution in [0.1, 0.15) is 110 Å². The number of hydrogen-bond acceptors (Lipinski definition) is 20. The van der Waals surface area contributed by atoms with Gasteiger partial charge in [-0.15, -0.1) is 0 Å². The molecule has 12 atom stereocenters. The summed E-state index contributed by atoms with van der Waals surface area (Å²) in [5, 5.41) is 91.2. The normalized spacial score (nSPS) is 14.3. The number of aliphatic hydroxyl groups is 1. The molecule has 0 radical (unpaired) electrons. The molecule has 31 N–H and O–H groups in total. The molecule has 0 saturated carbocycles. The van der Waals surface area contributed by atoms with Crippen molar-refractivity contribution in [3.63, 3.8) is 0 Å². The van der Waals surface area contributed by atoms with E-state index >= 15 is 14.4 Å². The van der Waals surface area contributed by atoms with Gasteiger partial charge < -0.3 is 119 Å². The molecule has 0 saturated heterocycles. The van der Waals surface area contributed by atoms with E-state index in [-0.39, 0.29) is 102 Å². The highest BCUT2D eigenvalue weighted by Crippen LogP contribution is 2.21. The van der Waals surface area contributed by atoms with Crippen LogP contribution in [0.5, 0.6) is 0 Å². The van der Waals surface area contributed by atoms with Gasteiger partial charge in [-0.25, -0.2) is 4.79 Å². The smallest absolute Gasteiger partial charge is 0.326 e. The van der Waals surface area contributed by atoms with Gasteiger partial charge in [0, 0.05) is 63.9 Å². The number of hydrogen-bond donors (Lipinski definition) is 28. The number of carboxylic acids is 1. The lowest BCUT2D eigenvalue weighted by Crippen LogP contribution is -2.62. The van der Waals surface area contributed by atoms with Gasteiger partial charge in [-0.2, -0.15) is 25.3 Å². The van der Waals surface area contributed by atoms with Crippen molar-refractivity contribution in [1.82, 2.24) is 79.8 Å². The van der Waals surface area contributed by atoms with Gasteiger partial charge in [-0.1, -0.05) is 93.6 Å². The summed E-state index contributed by atoms with van der Waals surface area (Å²) in [6.45, 7) is 7.12. The van der Waals surface area contributed by atoms with Crippen LogP contribution >= 0.6 is 25.3 Å². The molecule has 0 heterocycles. The first kappa shape index (κ1) is 93.0. The van der Waals surface area contributed by atoms with E-state index in [1.807, 2.05) is 6.07 Å². The zero-order valence-electron chi connectivity index (χ0n) is 62.1. The van der Waals surface area contributed by atoms with Crippen LogP contribution in [-0.4, -0.2) is 221 Å². The fourth-order valence-electron chi connectivity index (χ4n) is 11.0. The largest absolute Gasteiger partial charge is 0.480 e. The maximum absolute atomic E-state index is 15.3. The molecular formula is C69H108N24O15S2. The number of carboxylic acid groups (broad SMARTS) is 1. The van der Waals surface area contributed by atoms with Gasteiger partial charge >= 0.3 is 5.97 Å². The lowest BCUT2D eigenvalue weighted by atomic mass is 9.86. The Hall–Kier alpha value is -11.2. The Bertz CT molecular complexity index is 3700. The average molecular weight is 1580 g/mol. The van der Waals surface area contributed by atoms with Crippen molar-refractivity contribution < 1.29 is 72.5 Å². The predicted octanol–water partition coefficient (Wildman–Crippen LogP) is -5.33. The second-order valence-electron chi connectivity index (χ2n) is 27.0. The lowest BCUT2D eigenvalue weighted by Gasteiger charge is -2.31. The van der Waals surface area contributed by atoms with Crippen LogP contribution < -0.4 is 108 Å². The van der Waals surface area contributed by atoms with Gasteiger partial charge in [0.1, 0.15) is 66.5 Å². The summed E-state index contributed by atoms with van der Waals surface area (Å²) in [5.41, 5.74) is 27.5. The Morgan fingerprint density at radius 1 is 0.409 bits per heavy atom. The number of nitrogens with one attached hydrogen (secondary N) is 19. The maximum Gasteiger partial charge on any atom is 0.326 e. The molecule has 0 aliphatic rings. The Kier molecular flexibility index (Phi) is 40.2. The van der Waals surface area contributed by atoms with E-state index in [4.69, 9.17) is 50.3 Å². The fourth-order valence-corrected chi connectivity index (χ4v) is 11.5. The summed E-state index contributed by atoms with van der Waals surface area (Å²) in [5.74, 6) is -15.1. The molecule has 39 nitrogen and oxygen atoms in total. The van der Waals surface area contributed by atoms with E-state index in [0.29, 0.717) is 11.1 Å². The molecule has 0 aliphatic heterocycles. The molecular weight excluding hydrogens is 1470 g/mol. The third-order valence-corrected chi connectivity index (χ3v) is 17.5. The van der Waals surface area contributed by atoms with Crippen LogP contribution in [0.25, 0.3) is 10.8 Å². The third-order valence-electron chi connectivity index (χ3n) is 16.7. The Morgan fingerprint density at radius 3 is 1.11 bits per heavy atom. The molecule has 110 heavy (non-hydrogen) atoms. The molecule has 12 amide bonds. The van der Waals surface area contributed by atoms with E-state index in [1.165, 1.54) is 6.92 Å². The van der Waals surface area contributed by atoms with Gasteiger partial charge in [0.25, 0.3) is 0 Å². The van der Waals surface area contributed by atoms with Crippen molar-refractivity contribution in [2.75, 3.05) is 37.7 Å². The van der Waals surface area contributed by atoms with E-state index in [1.54, 1.807) is 87.5 Å². The SMILES string of the molecule is CC(=O)N[C@@H](CS)C(=O)N[C@@H](CCCNC(=N)N)C(=O)N[C@@H](CCCNC(=N)N)C(=O)N[C@@H](CCCNC(=N)N)C(=O)N[C@@H](Cc1ccccc1)C(=O)N[C@@H](Cc1ccc2ccccc2c1)C(=O)N[C@@H](CCC(N)=O)C(=O)N[C@@H](CS)C(=O)N[C@H](C(=O)N[C@@H](CCCNC(=N)N)C(=O)N[C@H](C(=O)O)C(C)(C)C)[C@@H](C)O. The second-order valence-corrected chi connectivity index (χ2v) is 27.7. The number of thiol groups is 2. The van der Waals surface area contributed by atoms with Crippen LogP contribution in [0.15, 0.2) is 72.8 Å². The summed E-state index contributed by atoms with van der Waals surface area (Å²) in [6, 6.07) is 3.59. The van der Waals surface area contributed by atoms with Crippen LogP contribution in [0.3, 0.4) is 0 Å². The van der Waals surface area contributed by atoms with Gasteiger partial charge in [0.15, 0.2) is 23.8 Å². The highest BCUT2D eigenvalue weighted by Gasteiger charge is 2.39. The highest BCUT2D eigenvalue weighted by atomic mass is 32.1. The Labute approximate surface area is 647 Å². The van der Waals surface area contributed by atoms with Crippen LogP contribution in [0, 0.1) is 27.1 Å². The number of carbonyl (C=O) groups is 13. The zero-order valence-corrected chi connectivity index (χ0v) is 63.9. The first-order valence-electron chi connectivity index (χ1n) is 35.4. The minimum Gasteiger partial charge on any atom is -0.480 e. The zero-order chi connectivity index (χ0) is 82.4. The van der Waals surface area contributed by atoms with Gasteiger partial charge in [0.2, 0.25) is 70.9 Å².